The van der Waals surface area contributed by atoms with Crippen LogP contribution in [0.4, 0.5) is 0 Å². The van der Waals surface area contributed by atoms with Crippen LogP contribution in [-0.2, 0) is 21.2 Å². The zero-order chi connectivity index (χ0) is 19.1. The van der Waals surface area contributed by atoms with Crippen LogP contribution < -0.4 is 10.0 Å². The molecule has 2 saturated carbocycles. The summed E-state index contributed by atoms with van der Waals surface area (Å²) in [6.45, 7) is 0.599. The van der Waals surface area contributed by atoms with E-state index < -0.39 is 10.0 Å². The van der Waals surface area contributed by atoms with Gasteiger partial charge in [-0.25, -0.2) is 13.1 Å². The van der Waals surface area contributed by atoms with Gasteiger partial charge < -0.3 is 5.32 Å². The van der Waals surface area contributed by atoms with Crippen molar-refractivity contribution in [2.75, 3.05) is 6.54 Å². The molecule has 0 spiro atoms. The van der Waals surface area contributed by atoms with Crippen molar-refractivity contribution in [3.8, 4) is 0 Å². The summed E-state index contributed by atoms with van der Waals surface area (Å²) in [7, 11) is -3.44. The van der Waals surface area contributed by atoms with E-state index >= 15 is 0 Å². The minimum Gasteiger partial charge on any atom is -0.356 e. The maximum atomic E-state index is 12.5. The number of hydrogen-bond acceptors (Lipinski definition) is 3. The summed E-state index contributed by atoms with van der Waals surface area (Å²) in [6.07, 6.45) is 11.5. The molecule has 0 bridgehead atoms. The second kappa shape index (κ2) is 9.69. The first-order valence-electron chi connectivity index (χ1n) is 10.4. The predicted octanol–water partition coefficient (Wildman–Crippen LogP) is 3.54. The summed E-state index contributed by atoms with van der Waals surface area (Å²) in [6, 6.07) is 7.11. The molecular formula is C21H32N2O3S. The third kappa shape index (κ3) is 6.04. The Hall–Kier alpha value is -1.40. The molecule has 0 aliphatic heterocycles. The number of amides is 1. The van der Waals surface area contributed by atoms with Gasteiger partial charge in [0.1, 0.15) is 0 Å². The highest BCUT2D eigenvalue weighted by Crippen LogP contribution is 2.23. The molecule has 2 aliphatic carbocycles. The van der Waals surface area contributed by atoms with Crippen LogP contribution in [0.15, 0.2) is 29.2 Å². The molecule has 3 rings (SSSR count). The molecule has 5 nitrogen and oxygen atoms in total. The molecule has 1 amide bonds. The summed E-state index contributed by atoms with van der Waals surface area (Å²) in [5.74, 6) is 0.350. The fraction of sp³-hybridized carbons (Fsp3) is 0.667. The zero-order valence-corrected chi connectivity index (χ0v) is 16.9. The minimum absolute atomic E-state index is 0.0680. The lowest BCUT2D eigenvalue weighted by Gasteiger charge is -2.22. The molecule has 1 aromatic rings. The van der Waals surface area contributed by atoms with Gasteiger partial charge in [-0.1, -0.05) is 50.7 Å². The Morgan fingerprint density at radius 3 is 2.11 bits per heavy atom. The highest BCUT2D eigenvalue weighted by Gasteiger charge is 2.22. The van der Waals surface area contributed by atoms with Gasteiger partial charge in [0.05, 0.1) is 4.90 Å². The molecule has 1 aromatic carbocycles. The van der Waals surface area contributed by atoms with E-state index in [4.69, 9.17) is 0 Å². The molecule has 0 radical (unpaired) electrons. The lowest BCUT2D eigenvalue weighted by atomic mass is 9.88. The van der Waals surface area contributed by atoms with Gasteiger partial charge >= 0.3 is 0 Å². The first kappa shape index (κ1) is 20.3. The van der Waals surface area contributed by atoms with E-state index in [0.29, 0.717) is 11.4 Å². The van der Waals surface area contributed by atoms with Crippen molar-refractivity contribution < 1.29 is 13.2 Å². The number of hydrogen-bond donors (Lipinski definition) is 2. The van der Waals surface area contributed by atoms with Gasteiger partial charge in [0, 0.05) is 18.5 Å². The third-order valence-corrected chi connectivity index (χ3v) is 7.39. The first-order chi connectivity index (χ1) is 13.0. The van der Waals surface area contributed by atoms with Crippen LogP contribution in [0, 0.1) is 5.92 Å². The maximum Gasteiger partial charge on any atom is 0.240 e. The smallest absolute Gasteiger partial charge is 0.240 e. The predicted molar refractivity (Wildman–Crippen MR) is 107 cm³/mol. The lowest BCUT2D eigenvalue weighted by Crippen LogP contribution is -2.36. The Balaban J connectivity index is 1.47. The minimum atomic E-state index is -3.44. The molecule has 0 heterocycles. The number of rotatable bonds is 7. The Morgan fingerprint density at radius 2 is 1.48 bits per heavy atom. The summed E-state index contributed by atoms with van der Waals surface area (Å²) < 4.78 is 27.9. The van der Waals surface area contributed by atoms with Crippen LogP contribution >= 0.6 is 0 Å². The fourth-order valence-corrected chi connectivity index (χ4v) is 5.49. The van der Waals surface area contributed by atoms with E-state index in [1.807, 2.05) is 12.1 Å². The summed E-state index contributed by atoms with van der Waals surface area (Å²) >= 11 is 0. The Morgan fingerprint density at radius 1 is 0.889 bits per heavy atom. The molecule has 27 heavy (non-hydrogen) atoms. The summed E-state index contributed by atoms with van der Waals surface area (Å²) in [5, 5.41) is 3.03. The average Bonchev–Trinajstić information content (AvgIpc) is 2.69. The van der Waals surface area contributed by atoms with Gasteiger partial charge in [-0.05, 0) is 49.8 Å². The summed E-state index contributed by atoms with van der Waals surface area (Å²) in [5.41, 5.74) is 1.04. The normalized spacial score (nSPS) is 19.7. The average molecular weight is 393 g/mol. The highest BCUT2D eigenvalue weighted by atomic mass is 32.2. The van der Waals surface area contributed by atoms with E-state index in [9.17, 15) is 13.2 Å². The monoisotopic (exact) mass is 392 g/mol. The van der Waals surface area contributed by atoms with Crippen molar-refractivity contribution in [3.05, 3.63) is 29.8 Å². The summed E-state index contributed by atoms with van der Waals surface area (Å²) in [4.78, 5) is 12.5. The zero-order valence-electron chi connectivity index (χ0n) is 16.1. The Bertz CT molecular complexity index is 703. The molecule has 0 atom stereocenters. The molecular weight excluding hydrogens is 360 g/mol. The largest absolute Gasteiger partial charge is 0.356 e. The van der Waals surface area contributed by atoms with Crippen molar-refractivity contribution >= 4 is 15.9 Å². The second-order valence-electron chi connectivity index (χ2n) is 7.98. The Labute approximate surface area is 163 Å². The van der Waals surface area contributed by atoms with Crippen LogP contribution in [0.1, 0.15) is 69.8 Å². The van der Waals surface area contributed by atoms with Crippen LogP contribution in [0.5, 0.6) is 0 Å². The Kier molecular flexibility index (Phi) is 7.30. The fourth-order valence-electron chi connectivity index (χ4n) is 4.18. The number of sulfonamides is 1. The first-order valence-corrected chi connectivity index (χ1v) is 11.9. The number of nitrogens with one attached hydrogen (secondary N) is 2. The molecule has 0 saturated heterocycles. The molecule has 0 aromatic heterocycles. The topological polar surface area (TPSA) is 75.3 Å². The number of benzene rings is 1. The number of carbonyl (C=O) groups is 1. The molecule has 150 valence electrons. The third-order valence-electron chi connectivity index (χ3n) is 5.85. The molecule has 6 heteroatoms. The second-order valence-corrected chi connectivity index (χ2v) is 9.69. The highest BCUT2D eigenvalue weighted by molar-refractivity contribution is 7.89. The van der Waals surface area contributed by atoms with Crippen molar-refractivity contribution in [2.45, 2.75) is 81.6 Å². The molecule has 0 unspecified atom stereocenters. The molecule has 2 N–H and O–H groups in total. The SMILES string of the molecule is O=C(NCCc1ccc(S(=O)(=O)NC2CCCCC2)cc1)C1CCCCC1. The van der Waals surface area contributed by atoms with Crippen LogP contribution in [-0.4, -0.2) is 26.9 Å². The van der Waals surface area contributed by atoms with E-state index in [1.165, 1.54) is 12.8 Å². The van der Waals surface area contributed by atoms with Crippen molar-refractivity contribution in [1.82, 2.24) is 10.0 Å². The van der Waals surface area contributed by atoms with E-state index in [1.54, 1.807) is 12.1 Å². The van der Waals surface area contributed by atoms with E-state index in [2.05, 4.69) is 10.0 Å². The van der Waals surface area contributed by atoms with Gasteiger partial charge in [-0.2, -0.15) is 0 Å². The molecule has 2 fully saturated rings. The van der Waals surface area contributed by atoms with Crippen LogP contribution in [0.25, 0.3) is 0 Å². The van der Waals surface area contributed by atoms with Gasteiger partial charge in [0.2, 0.25) is 15.9 Å². The van der Waals surface area contributed by atoms with Gasteiger partial charge in [-0.3, -0.25) is 4.79 Å². The lowest BCUT2D eigenvalue weighted by molar-refractivity contribution is -0.125. The van der Waals surface area contributed by atoms with Crippen LogP contribution in [0.3, 0.4) is 0 Å². The van der Waals surface area contributed by atoms with Gasteiger partial charge in [0.15, 0.2) is 0 Å². The quantitative estimate of drug-likeness (QED) is 0.745. The van der Waals surface area contributed by atoms with Crippen molar-refractivity contribution in [2.24, 2.45) is 5.92 Å². The van der Waals surface area contributed by atoms with E-state index in [-0.39, 0.29) is 17.9 Å². The van der Waals surface area contributed by atoms with Gasteiger partial charge in [0.25, 0.3) is 0 Å². The van der Waals surface area contributed by atoms with Crippen molar-refractivity contribution in [3.63, 3.8) is 0 Å². The maximum absolute atomic E-state index is 12.5. The molecule has 2 aliphatic rings. The van der Waals surface area contributed by atoms with Crippen molar-refractivity contribution in [1.29, 1.82) is 0 Å². The number of carbonyl (C=O) groups excluding carboxylic acids is 1. The van der Waals surface area contributed by atoms with Crippen LogP contribution in [0.2, 0.25) is 0 Å². The van der Waals surface area contributed by atoms with Gasteiger partial charge in [-0.15, -0.1) is 0 Å². The standard InChI is InChI=1S/C21H32N2O3S/c24-21(18-7-3-1-4-8-18)22-16-15-17-11-13-20(14-12-17)27(25,26)23-19-9-5-2-6-10-19/h11-14,18-19,23H,1-10,15-16H2,(H,22,24). The van der Waals surface area contributed by atoms with E-state index in [0.717, 1.165) is 63.4 Å².